The van der Waals surface area contributed by atoms with Gasteiger partial charge in [0.05, 0.1) is 5.69 Å². The summed E-state index contributed by atoms with van der Waals surface area (Å²) in [6.45, 7) is 2.52. The number of hydrogen-bond acceptors (Lipinski definition) is 5. The third-order valence-electron chi connectivity index (χ3n) is 3.55. The molecule has 3 N–H and O–H groups in total. The van der Waals surface area contributed by atoms with Crippen molar-refractivity contribution in [3.8, 4) is 0 Å². The molecule has 7 heteroatoms. The smallest absolute Gasteiger partial charge is 0.265 e. The van der Waals surface area contributed by atoms with Crippen molar-refractivity contribution in [2.24, 2.45) is 5.73 Å². The Morgan fingerprint density at radius 2 is 2.11 bits per heavy atom. The minimum atomic E-state index is -0.224. The molecule has 0 spiro atoms. The van der Waals surface area contributed by atoms with Gasteiger partial charge in [-0.3, -0.25) is 4.79 Å². The van der Waals surface area contributed by atoms with Gasteiger partial charge in [0.25, 0.3) is 5.91 Å². The molecule has 1 aromatic rings. The van der Waals surface area contributed by atoms with Crippen LogP contribution in [0, 0.1) is 0 Å². The van der Waals surface area contributed by atoms with Gasteiger partial charge < -0.3 is 11.1 Å². The fourth-order valence-electron chi connectivity index (χ4n) is 2.38. The van der Waals surface area contributed by atoms with E-state index in [-0.39, 0.29) is 23.9 Å². The summed E-state index contributed by atoms with van der Waals surface area (Å²) < 4.78 is 3.83. The van der Waals surface area contributed by atoms with Crippen LogP contribution in [0.5, 0.6) is 0 Å². The number of rotatable bonds is 4. The maximum absolute atomic E-state index is 12.0. The predicted molar refractivity (Wildman–Crippen MR) is 78.9 cm³/mol. The molecular weight excluding hydrogens is 284 g/mol. The highest BCUT2D eigenvalue weighted by Gasteiger charge is 2.28. The van der Waals surface area contributed by atoms with Crippen molar-refractivity contribution in [2.75, 3.05) is 6.54 Å². The zero-order chi connectivity index (χ0) is 13.0. The maximum Gasteiger partial charge on any atom is 0.265 e. The normalized spacial score (nSPS) is 17.6. The standard InChI is InChI=1S/C12H20N4OS.ClH/c1-2-9-10(18-16-15-9)11(17)14-8-12(13)6-4-3-5-7-12;/h2-8,13H2,1H3,(H,14,17);1H. The number of hydrogen-bond donors (Lipinski definition) is 2. The van der Waals surface area contributed by atoms with Gasteiger partial charge in [-0.1, -0.05) is 30.7 Å². The summed E-state index contributed by atoms with van der Waals surface area (Å²) in [4.78, 5) is 12.7. The zero-order valence-electron chi connectivity index (χ0n) is 11.1. The molecule has 0 saturated heterocycles. The Labute approximate surface area is 123 Å². The molecule has 0 atom stereocenters. The van der Waals surface area contributed by atoms with Gasteiger partial charge in [-0.05, 0) is 30.8 Å². The number of carbonyl (C=O) groups excluding carboxylic acids is 1. The van der Waals surface area contributed by atoms with Crippen LogP contribution in [-0.2, 0) is 6.42 Å². The maximum atomic E-state index is 12.0. The molecule has 108 valence electrons. The molecule has 0 radical (unpaired) electrons. The van der Waals surface area contributed by atoms with Crippen molar-refractivity contribution in [2.45, 2.75) is 51.0 Å². The van der Waals surface area contributed by atoms with Crippen LogP contribution in [0.3, 0.4) is 0 Å². The van der Waals surface area contributed by atoms with Crippen molar-refractivity contribution >= 4 is 29.8 Å². The summed E-state index contributed by atoms with van der Waals surface area (Å²) in [7, 11) is 0. The second-order valence-electron chi connectivity index (χ2n) is 5.01. The second kappa shape index (κ2) is 7.17. The Morgan fingerprint density at radius 1 is 1.42 bits per heavy atom. The molecule has 5 nitrogen and oxygen atoms in total. The molecule has 0 aliphatic heterocycles. The number of halogens is 1. The number of aryl methyl sites for hydroxylation is 1. The van der Waals surface area contributed by atoms with Gasteiger partial charge in [0, 0.05) is 12.1 Å². The van der Waals surface area contributed by atoms with Gasteiger partial charge in [0.1, 0.15) is 4.88 Å². The Hall–Kier alpha value is -0.720. The first-order valence-corrected chi connectivity index (χ1v) is 7.30. The number of carbonyl (C=O) groups is 1. The van der Waals surface area contributed by atoms with Crippen LogP contribution in [0.25, 0.3) is 0 Å². The van der Waals surface area contributed by atoms with E-state index in [9.17, 15) is 4.79 Å². The number of amides is 1. The molecule has 1 amide bonds. The molecule has 0 bridgehead atoms. The molecule has 2 rings (SSSR count). The van der Waals surface area contributed by atoms with Crippen LogP contribution in [0.4, 0.5) is 0 Å². The minimum Gasteiger partial charge on any atom is -0.349 e. The summed E-state index contributed by atoms with van der Waals surface area (Å²) in [5.74, 6) is -0.0859. The van der Waals surface area contributed by atoms with Crippen molar-refractivity contribution in [3.63, 3.8) is 0 Å². The van der Waals surface area contributed by atoms with Crippen LogP contribution >= 0.6 is 23.9 Å². The highest BCUT2D eigenvalue weighted by Crippen LogP contribution is 2.25. The third-order valence-corrected chi connectivity index (χ3v) is 4.31. The first-order chi connectivity index (χ1) is 8.64. The zero-order valence-corrected chi connectivity index (χ0v) is 12.8. The minimum absolute atomic E-state index is 0. The van der Waals surface area contributed by atoms with E-state index in [2.05, 4.69) is 14.9 Å². The number of nitrogens with two attached hydrogens (primary N) is 1. The van der Waals surface area contributed by atoms with E-state index in [4.69, 9.17) is 5.73 Å². The summed E-state index contributed by atoms with van der Waals surface area (Å²) in [6.07, 6.45) is 6.30. The average Bonchev–Trinajstić information content (AvgIpc) is 2.85. The number of aromatic nitrogens is 2. The van der Waals surface area contributed by atoms with Crippen molar-refractivity contribution < 1.29 is 4.79 Å². The summed E-state index contributed by atoms with van der Waals surface area (Å²) in [5, 5.41) is 6.88. The van der Waals surface area contributed by atoms with Crippen molar-refractivity contribution in [3.05, 3.63) is 10.6 Å². The van der Waals surface area contributed by atoms with E-state index in [1.807, 2.05) is 6.92 Å². The van der Waals surface area contributed by atoms with Gasteiger partial charge in [-0.25, -0.2) is 0 Å². The fraction of sp³-hybridized carbons (Fsp3) is 0.750. The Balaban J connectivity index is 0.00000180. The molecule has 1 heterocycles. The largest absolute Gasteiger partial charge is 0.349 e. The number of nitrogens with one attached hydrogen (secondary N) is 1. The van der Waals surface area contributed by atoms with E-state index >= 15 is 0 Å². The molecule has 19 heavy (non-hydrogen) atoms. The fourth-order valence-corrected chi connectivity index (χ4v) is 3.05. The van der Waals surface area contributed by atoms with Gasteiger partial charge in [0.2, 0.25) is 0 Å². The molecule has 1 aromatic heterocycles. The topological polar surface area (TPSA) is 80.9 Å². The van der Waals surface area contributed by atoms with Crippen LogP contribution < -0.4 is 11.1 Å². The van der Waals surface area contributed by atoms with Crippen LogP contribution in [0.2, 0.25) is 0 Å². The summed E-state index contributed by atoms with van der Waals surface area (Å²) in [6, 6.07) is 0. The van der Waals surface area contributed by atoms with Gasteiger partial charge >= 0.3 is 0 Å². The van der Waals surface area contributed by atoms with Gasteiger partial charge in [0.15, 0.2) is 0 Å². The lowest BCUT2D eigenvalue weighted by atomic mass is 9.82. The molecular formula is C12H21ClN4OS. The van der Waals surface area contributed by atoms with Crippen LogP contribution in [0.15, 0.2) is 0 Å². The highest BCUT2D eigenvalue weighted by atomic mass is 35.5. The summed E-state index contributed by atoms with van der Waals surface area (Å²) in [5.41, 5.74) is 6.84. The lowest BCUT2D eigenvalue weighted by Gasteiger charge is -2.33. The predicted octanol–water partition coefficient (Wildman–Crippen LogP) is 1.91. The number of nitrogens with zero attached hydrogens (tertiary/aromatic N) is 2. The SMILES string of the molecule is CCc1nnsc1C(=O)NCC1(N)CCCCC1.Cl. The Bertz CT molecular complexity index is 418. The third kappa shape index (κ3) is 4.12. The molecule has 1 aliphatic rings. The lowest BCUT2D eigenvalue weighted by Crippen LogP contribution is -2.51. The van der Waals surface area contributed by atoms with E-state index in [0.717, 1.165) is 49.3 Å². The van der Waals surface area contributed by atoms with E-state index < -0.39 is 0 Å². The molecule has 1 saturated carbocycles. The van der Waals surface area contributed by atoms with Crippen molar-refractivity contribution in [1.82, 2.24) is 14.9 Å². The van der Waals surface area contributed by atoms with E-state index in [1.54, 1.807) is 0 Å². The highest BCUT2D eigenvalue weighted by molar-refractivity contribution is 7.08. The molecule has 0 unspecified atom stereocenters. The van der Waals surface area contributed by atoms with Crippen LogP contribution in [0.1, 0.15) is 54.4 Å². The molecule has 1 aliphatic carbocycles. The lowest BCUT2D eigenvalue weighted by molar-refractivity contribution is 0.0940. The van der Waals surface area contributed by atoms with Gasteiger partial charge in [-0.15, -0.1) is 17.5 Å². The van der Waals surface area contributed by atoms with E-state index in [0.29, 0.717) is 11.4 Å². The summed E-state index contributed by atoms with van der Waals surface area (Å²) >= 11 is 1.15. The Morgan fingerprint density at radius 3 is 2.74 bits per heavy atom. The van der Waals surface area contributed by atoms with Crippen LogP contribution in [-0.4, -0.2) is 27.6 Å². The van der Waals surface area contributed by atoms with Crippen molar-refractivity contribution in [1.29, 1.82) is 0 Å². The Kier molecular flexibility index (Phi) is 6.16. The monoisotopic (exact) mass is 304 g/mol. The second-order valence-corrected chi connectivity index (χ2v) is 5.76. The average molecular weight is 305 g/mol. The first kappa shape index (κ1) is 16.3. The molecule has 1 fully saturated rings. The van der Waals surface area contributed by atoms with Gasteiger partial charge in [-0.2, -0.15) is 0 Å². The first-order valence-electron chi connectivity index (χ1n) is 6.53. The quantitative estimate of drug-likeness (QED) is 0.890. The van der Waals surface area contributed by atoms with E-state index in [1.165, 1.54) is 6.42 Å². The molecule has 0 aromatic carbocycles.